The lowest BCUT2D eigenvalue weighted by Gasteiger charge is -2.09. The third-order valence-corrected chi connectivity index (χ3v) is 3.65. The van der Waals surface area contributed by atoms with Crippen molar-refractivity contribution >= 4 is 23.5 Å². The van der Waals surface area contributed by atoms with Crippen LogP contribution in [0.1, 0.15) is 29.3 Å². The van der Waals surface area contributed by atoms with Crippen molar-refractivity contribution in [2.45, 2.75) is 20.3 Å². The molecule has 132 valence electrons. The predicted molar refractivity (Wildman–Crippen MR) is 94.3 cm³/mol. The van der Waals surface area contributed by atoms with Gasteiger partial charge in [0.2, 0.25) is 0 Å². The molecule has 0 amide bonds. The van der Waals surface area contributed by atoms with Crippen LogP contribution in [0.3, 0.4) is 0 Å². The molecule has 0 bridgehead atoms. The van der Waals surface area contributed by atoms with Gasteiger partial charge in [-0.2, -0.15) is 0 Å². The van der Waals surface area contributed by atoms with Gasteiger partial charge in [0, 0.05) is 5.02 Å². The lowest BCUT2D eigenvalue weighted by molar-refractivity contribution is -0.136. The van der Waals surface area contributed by atoms with E-state index in [-0.39, 0.29) is 12.4 Å². The zero-order chi connectivity index (χ0) is 18.2. The van der Waals surface area contributed by atoms with Crippen molar-refractivity contribution in [3.8, 4) is 11.5 Å². The van der Waals surface area contributed by atoms with E-state index in [1.165, 1.54) is 6.07 Å². The molecule has 5 nitrogen and oxygen atoms in total. The van der Waals surface area contributed by atoms with Gasteiger partial charge in [0.05, 0.1) is 12.2 Å². The molecule has 0 saturated carbocycles. The molecule has 0 N–H and O–H groups in total. The molecule has 0 radical (unpaired) electrons. The van der Waals surface area contributed by atoms with E-state index in [9.17, 15) is 9.59 Å². The Balaban J connectivity index is 1.91. The monoisotopic (exact) mass is 362 g/mol. The highest BCUT2D eigenvalue weighted by Crippen LogP contribution is 2.21. The third kappa shape index (κ3) is 5.80. The molecular formula is C19H19ClO5. The first-order valence-electron chi connectivity index (χ1n) is 7.86. The molecule has 0 fully saturated rings. The zero-order valence-corrected chi connectivity index (χ0v) is 14.8. The molecule has 0 aliphatic carbocycles. The molecule has 2 aromatic rings. The summed E-state index contributed by atoms with van der Waals surface area (Å²) in [7, 11) is 0. The van der Waals surface area contributed by atoms with E-state index in [0.717, 1.165) is 12.0 Å². The molecule has 0 aliphatic heterocycles. The minimum Gasteiger partial charge on any atom is -0.482 e. The van der Waals surface area contributed by atoms with E-state index < -0.39 is 11.9 Å². The zero-order valence-electron chi connectivity index (χ0n) is 14.1. The van der Waals surface area contributed by atoms with Crippen molar-refractivity contribution in [1.82, 2.24) is 0 Å². The van der Waals surface area contributed by atoms with Crippen LogP contribution < -0.4 is 9.47 Å². The first-order chi connectivity index (χ1) is 12.0. The Morgan fingerprint density at radius 3 is 2.60 bits per heavy atom. The van der Waals surface area contributed by atoms with E-state index in [2.05, 4.69) is 0 Å². The Bertz CT molecular complexity index is 757. The van der Waals surface area contributed by atoms with Gasteiger partial charge in [-0.15, -0.1) is 0 Å². The van der Waals surface area contributed by atoms with Crippen molar-refractivity contribution in [3.05, 3.63) is 58.6 Å². The van der Waals surface area contributed by atoms with Crippen molar-refractivity contribution in [2.24, 2.45) is 0 Å². The Morgan fingerprint density at radius 2 is 1.88 bits per heavy atom. The first-order valence-corrected chi connectivity index (χ1v) is 8.24. The largest absolute Gasteiger partial charge is 0.482 e. The molecule has 0 aliphatic rings. The van der Waals surface area contributed by atoms with E-state index in [1.807, 2.05) is 13.8 Å². The third-order valence-electron chi connectivity index (χ3n) is 3.22. The van der Waals surface area contributed by atoms with Gasteiger partial charge >= 0.3 is 11.9 Å². The topological polar surface area (TPSA) is 61.8 Å². The lowest BCUT2D eigenvalue weighted by atomic mass is 10.2. The molecule has 0 saturated heterocycles. The second kappa shape index (κ2) is 9.08. The van der Waals surface area contributed by atoms with Gasteiger partial charge < -0.3 is 14.2 Å². The number of esters is 2. The van der Waals surface area contributed by atoms with Crippen molar-refractivity contribution < 1.29 is 23.8 Å². The number of halogens is 1. The predicted octanol–water partition coefficient (Wildman–Crippen LogP) is 4.20. The minimum absolute atomic E-state index is 0.256. The molecule has 0 atom stereocenters. The van der Waals surface area contributed by atoms with E-state index in [0.29, 0.717) is 22.9 Å². The minimum atomic E-state index is -0.577. The average molecular weight is 363 g/mol. The molecule has 2 rings (SSSR count). The molecule has 25 heavy (non-hydrogen) atoms. The summed E-state index contributed by atoms with van der Waals surface area (Å²) in [6, 6.07) is 11.4. The maximum atomic E-state index is 11.9. The summed E-state index contributed by atoms with van der Waals surface area (Å²) < 4.78 is 15.6. The first kappa shape index (κ1) is 18.8. The highest BCUT2D eigenvalue weighted by molar-refractivity contribution is 6.31. The van der Waals surface area contributed by atoms with Gasteiger partial charge in [0.1, 0.15) is 11.5 Å². The molecule has 2 aromatic carbocycles. The maximum absolute atomic E-state index is 11.9. The quantitative estimate of drug-likeness (QED) is 0.545. The number of carbonyl (C=O) groups is 2. The van der Waals surface area contributed by atoms with Crippen LogP contribution in [-0.4, -0.2) is 25.2 Å². The highest BCUT2D eigenvalue weighted by Gasteiger charge is 2.11. The number of carbonyl (C=O) groups excluding carboxylic acids is 2. The van der Waals surface area contributed by atoms with Gasteiger partial charge in [0.15, 0.2) is 6.61 Å². The van der Waals surface area contributed by atoms with E-state index >= 15 is 0 Å². The number of rotatable bonds is 7. The van der Waals surface area contributed by atoms with Crippen LogP contribution in [0.5, 0.6) is 11.5 Å². The summed E-state index contributed by atoms with van der Waals surface area (Å²) >= 11 is 5.94. The van der Waals surface area contributed by atoms with Crippen LogP contribution in [-0.2, 0) is 9.53 Å². The number of hydrogen-bond acceptors (Lipinski definition) is 5. The van der Waals surface area contributed by atoms with Gasteiger partial charge in [0.25, 0.3) is 0 Å². The summed E-state index contributed by atoms with van der Waals surface area (Å²) in [6.45, 7) is 3.84. The van der Waals surface area contributed by atoms with Gasteiger partial charge in [-0.25, -0.2) is 9.59 Å². The van der Waals surface area contributed by atoms with Crippen molar-refractivity contribution in [1.29, 1.82) is 0 Å². The molecular weight excluding hydrogens is 344 g/mol. The lowest BCUT2D eigenvalue weighted by Crippen LogP contribution is -2.18. The number of benzene rings is 2. The van der Waals surface area contributed by atoms with Crippen molar-refractivity contribution in [2.75, 3.05) is 13.2 Å². The second-order valence-electron chi connectivity index (χ2n) is 5.34. The Hall–Kier alpha value is -2.53. The van der Waals surface area contributed by atoms with Gasteiger partial charge in [-0.3, -0.25) is 0 Å². The maximum Gasteiger partial charge on any atom is 0.349 e. The Kier molecular flexibility index (Phi) is 6.83. The Morgan fingerprint density at radius 1 is 1.08 bits per heavy atom. The van der Waals surface area contributed by atoms with Crippen LogP contribution in [0.25, 0.3) is 0 Å². The summed E-state index contributed by atoms with van der Waals surface area (Å²) in [5, 5.41) is 0.627. The molecule has 0 unspecified atom stereocenters. The number of hydrogen-bond donors (Lipinski definition) is 0. The fourth-order valence-corrected chi connectivity index (χ4v) is 2.09. The smallest absolute Gasteiger partial charge is 0.349 e. The van der Waals surface area contributed by atoms with E-state index in [1.54, 1.807) is 36.4 Å². The van der Waals surface area contributed by atoms with Gasteiger partial charge in [-0.05, 0) is 55.3 Å². The average Bonchev–Trinajstić information content (AvgIpc) is 2.61. The normalized spacial score (nSPS) is 10.2. The molecule has 0 aromatic heterocycles. The summed E-state index contributed by atoms with van der Waals surface area (Å²) in [5.74, 6) is -0.248. The number of aryl methyl sites for hydroxylation is 1. The SMILES string of the molecule is CCCOC(=O)c1cccc(OC(=O)COc2ccc(Cl)c(C)c2)c1. The molecule has 6 heteroatoms. The fourth-order valence-electron chi connectivity index (χ4n) is 1.97. The van der Waals surface area contributed by atoms with Crippen LogP contribution in [0.4, 0.5) is 0 Å². The van der Waals surface area contributed by atoms with Crippen LogP contribution in [0.15, 0.2) is 42.5 Å². The van der Waals surface area contributed by atoms with Crippen LogP contribution >= 0.6 is 11.6 Å². The number of ether oxygens (including phenoxy) is 3. The van der Waals surface area contributed by atoms with E-state index in [4.69, 9.17) is 25.8 Å². The highest BCUT2D eigenvalue weighted by atomic mass is 35.5. The van der Waals surface area contributed by atoms with Crippen LogP contribution in [0.2, 0.25) is 5.02 Å². The van der Waals surface area contributed by atoms with Crippen molar-refractivity contribution in [3.63, 3.8) is 0 Å². The molecule has 0 heterocycles. The summed E-state index contributed by atoms with van der Waals surface area (Å²) in [5.41, 5.74) is 1.18. The standard InChI is InChI=1S/C19H19ClO5/c1-3-9-23-19(22)14-5-4-6-16(11-14)25-18(21)12-24-15-7-8-17(20)13(2)10-15/h4-8,10-11H,3,9,12H2,1-2H3. The summed E-state index contributed by atoms with van der Waals surface area (Å²) in [4.78, 5) is 23.7. The van der Waals surface area contributed by atoms with Crippen LogP contribution in [0, 0.1) is 6.92 Å². The van der Waals surface area contributed by atoms with Gasteiger partial charge in [-0.1, -0.05) is 24.6 Å². The second-order valence-corrected chi connectivity index (χ2v) is 5.74. The fraction of sp³-hybridized carbons (Fsp3) is 0.263. The molecule has 0 spiro atoms. The summed E-state index contributed by atoms with van der Waals surface area (Å²) in [6.07, 6.45) is 0.738. The Labute approximate surface area is 151 Å².